The normalized spacial score (nSPS) is 18.8. The second-order valence-electron chi connectivity index (χ2n) is 6.54. The Morgan fingerprint density at radius 3 is 2.75 bits per heavy atom. The number of carbonyl (C=O) groups is 2. The average molecular weight is 370 g/mol. The predicted molar refractivity (Wildman–Crippen MR) is 101 cm³/mol. The molecule has 0 aromatic heterocycles. The minimum Gasteiger partial charge on any atom is -0.330 e. The van der Waals surface area contributed by atoms with E-state index in [1.54, 1.807) is 0 Å². The molecule has 1 aliphatic heterocycles. The van der Waals surface area contributed by atoms with E-state index in [2.05, 4.69) is 10.6 Å². The number of rotatable bonds is 4. The van der Waals surface area contributed by atoms with Crippen LogP contribution in [0.4, 0.5) is 11.4 Å². The number of halogens is 1. The van der Waals surface area contributed by atoms with E-state index in [0.29, 0.717) is 18.7 Å². The van der Waals surface area contributed by atoms with Crippen LogP contribution in [0.15, 0.2) is 23.1 Å². The van der Waals surface area contributed by atoms with E-state index in [1.165, 1.54) is 18.2 Å². The maximum absolute atomic E-state index is 12.4. The number of benzene rings is 1. The first-order valence-electron chi connectivity index (χ1n) is 8.17. The highest BCUT2D eigenvalue weighted by atomic mass is 35.5. The Kier molecular flexibility index (Phi) is 6.54. The minimum absolute atomic E-state index is 0. The smallest absolute Gasteiger partial charge is 0.234 e. The van der Waals surface area contributed by atoms with Crippen molar-refractivity contribution in [3.8, 4) is 0 Å². The van der Waals surface area contributed by atoms with Crippen LogP contribution in [0.3, 0.4) is 0 Å². The molecule has 0 saturated heterocycles. The van der Waals surface area contributed by atoms with Crippen molar-refractivity contribution in [3.63, 3.8) is 0 Å². The van der Waals surface area contributed by atoms with Gasteiger partial charge in [-0.1, -0.05) is 19.3 Å². The first-order chi connectivity index (χ1) is 11.1. The number of nitrogens with two attached hydrogens (primary N) is 1. The summed E-state index contributed by atoms with van der Waals surface area (Å²) in [7, 11) is 0. The summed E-state index contributed by atoms with van der Waals surface area (Å²) in [5.41, 5.74) is 7.41. The molecule has 3 rings (SSSR count). The standard InChI is InChI=1S/C17H23N3O2S.ClH/c18-11-17(6-2-1-3-7-17)9-15(21)19-12-4-5-14-13(8-12)20-16(22)10-23-14;/h4-5,8H,1-3,6-7,9-11,18H2,(H,19,21)(H,20,22);1H. The van der Waals surface area contributed by atoms with Crippen molar-refractivity contribution in [1.29, 1.82) is 0 Å². The fourth-order valence-corrected chi connectivity index (χ4v) is 4.25. The van der Waals surface area contributed by atoms with Crippen molar-refractivity contribution in [2.24, 2.45) is 11.1 Å². The lowest BCUT2D eigenvalue weighted by molar-refractivity contribution is -0.119. The highest BCUT2D eigenvalue weighted by Gasteiger charge is 2.33. The largest absolute Gasteiger partial charge is 0.330 e. The SMILES string of the molecule is Cl.NCC1(CC(=O)Nc2ccc3c(c2)NC(=O)CS3)CCCCC1. The number of hydrogen-bond donors (Lipinski definition) is 3. The molecule has 1 fully saturated rings. The van der Waals surface area contributed by atoms with Crippen LogP contribution in [0.5, 0.6) is 0 Å². The lowest BCUT2D eigenvalue weighted by Crippen LogP contribution is -2.36. The fourth-order valence-electron chi connectivity index (χ4n) is 3.46. The number of amides is 2. The van der Waals surface area contributed by atoms with E-state index in [4.69, 9.17) is 5.73 Å². The molecule has 1 saturated carbocycles. The first kappa shape index (κ1) is 19.1. The molecule has 24 heavy (non-hydrogen) atoms. The van der Waals surface area contributed by atoms with Gasteiger partial charge in [-0.05, 0) is 43.0 Å². The molecule has 0 radical (unpaired) electrons. The van der Waals surface area contributed by atoms with Crippen molar-refractivity contribution >= 4 is 47.4 Å². The third-order valence-electron chi connectivity index (χ3n) is 4.78. The number of hydrogen-bond acceptors (Lipinski definition) is 4. The molecule has 132 valence electrons. The maximum atomic E-state index is 12.4. The molecule has 1 aromatic carbocycles. The third-order valence-corrected chi connectivity index (χ3v) is 5.85. The molecule has 5 nitrogen and oxygen atoms in total. The van der Waals surface area contributed by atoms with Gasteiger partial charge in [0.1, 0.15) is 0 Å². The molecule has 2 amide bonds. The average Bonchev–Trinajstić information content (AvgIpc) is 2.55. The Balaban J connectivity index is 0.00000208. The summed E-state index contributed by atoms with van der Waals surface area (Å²) in [6, 6.07) is 5.65. The van der Waals surface area contributed by atoms with Gasteiger partial charge in [-0.15, -0.1) is 24.2 Å². The molecule has 0 unspecified atom stereocenters. The Hall–Kier alpha value is -1.24. The zero-order valence-electron chi connectivity index (χ0n) is 13.6. The van der Waals surface area contributed by atoms with E-state index in [9.17, 15) is 9.59 Å². The molecular weight excluding hydrogens is 346 g/mol. The molecule has 0 bridgehead atoms. The highest BCUT2D eigenvalue weighted by Crippen LogP contribution is 2.39. The van der Waals surface area contributed by atoms with Crippen LogP contribution >= 0.6 is 24.2 Å². The number of carbonyl (C=O) groups excluding carboxylic acids is 2. The van der Waals surface area contributed by atoms with Crippen molar-refractivity contribution in [1.82, 2.24) is 0 Å². The van der Waals surface area contributed by atoms with Crippen LogP contribution in [-0.4, -0.2) is 24.1 Å². The van der Waals surface area contributed by atoms with Crippen molar-refractivity contribution in [2.45, 2.75) is 43.4 Å². The van der Waals surface area contributed by atoms with Gasteiger partial charge in [-0.2, -0.15) is 0 Å². The van der Waals surface area contributed by atoms with Crippen LogP contribution in [0.25, 0.3) is 0 Å². The van der Waals surface area contributed by atoms with Crippen molar-refractivity contribution in [3.05, 3.63) is 18.2 Å². The summed E-state index contributed by atoms with van der Waals surface area (Å²) in [6.45, 7) is 0.567. The zero-order valence-corrected chi connectivity index (χ0v) is 15.2. The van der Waals surface area contributed by atoms with Crippen LogP contribution in [0.2, 0.25) is 0 Å². The van der Waals surface area contributed by atoms with Gasteiger partial charge in [0, 0.05) is 17.0 Å². The summed E-state index contributed by atoms with van der Waals surface area (Å²) >= 11 is 1.51. The van der Waals surface area contributed by atoms with Crippen molar-refractivity contribution in [2.75, 3.05) is 22.9 Å². The van der Waals surface area contributed by atoms with Gasteiger partial charge in [-0.25, -0.2) is 0 Å². The molecule has 2 aliphatic rings. The van der Waals surface area contributed by atoms with Gasteiger partial charge in [0.15, 0.2) is 0 Å². The molecule has 0 spiro atoms. The topological polar surface area (TPSA) is 84.2 Å². The Morgan fingerprint density at radius 1 is 1.29 bits per heavy atom. The Morgan fingerprint density at radius 2 is 2.04 bits per heavy atom. The summed E-state index contributed by atoms with van der Waals surface area (Å²) in [4.78, 5) is 24.9. The van der Waals surface area contributed by atoms with Gasteiger partial charge in [0.25, 0.3) is 0 Å². The van der Waals surface area contributed by atoms with E-state index in [0.717, 1.165) is 42.0 Å². The summed E-state index contributed by atoms with van der Waals surface area (Å²) in [5, 5.41) is 5.80. The second-order valence-corrected chi connectivity index (χ2v) is 7.55. The van der Waals surface area contributed by atoms with Gasteiger partial charge in [0.2, 0.25) is 11.8 Å². The van der Waals surface area contributed by atoms with E-state index in [1.807, 2.05) is 18.2 Å². The number of anilines is 2. The lowest BCUT2D eigenvalue weighted by Gasteiger charge is -2.35. The van der Waals surface area contributed by atoms with E-state index in [-0.39, 0.29) is 29.6 Å². The van der Waals surface area contributed by atoms with E-state index < -0.39 is 0 Å². The van der Waals surface area contributed by atoms with Crippen LogP contribution in [0, 0.1) is 5.41 Å². The van der Waals surface area contributed by atoms with Crippen LogP contribution in [-0.2, 0) is 9.59 Å². The Bertz CT molecular complexity index is 618. The summed E-state index contributed by atoms with van der Waals surface area (Å²) in [5.74, 6) is 0.444. The third kappa shape index (κ3) is 4.43. The quantitative estimate of drug-likeness (QED) is 0.759. The molecule has 1 aromatic rings. The number of fused-ring (bicyclic) bond motifs is 1. The molecule has 7 heteroatoms. The van der Waals surface area contributed by atoms with Crippen LogP contribution in [0.1, 0.15) is 38.5 Å². The number of thioether (sulfide) groups is 1. The van der Waals surface area contributed by atoms with Gasteiger partial charge < -0.3 is 16.4 Å². The molecule has 1 aliphatic carbocycles. The summed E-state index contributed by atoms with van der Waals surface area (Å²) in [6.07, 6.45) is 6.11. The monoisotopic (exact) mass is 369 g/mol. The fraction of sp³-hybridized carbons (Fsp3) is 0.529. The van der Waals surface area contributed by atoms with E-state index >= 15 is 0 Å². The van der Waals surface area contributed by atoms with Crippen molar-refractivity contribution < 1.29 is 9.59 Å². The Labute approximate surface area is 152 Å². The predicted octanol–water partition coefficient (Wildman–Crippen LogP) is 3.39. The van der Waals surface area contributed by atoms with Gasteiger partial charge >= 0.3 is 0 Å². The lowest BCUT2D eigenvalue weighted by atomic mass is 9.71. The summed E-state index contributed by atoms with van der Waals surface area (Å²) < 4.78 is 0. The van der Waals surface area contributed by atoms with Crippen LogP contribution < -0.4 is 16.4 Å². The molecular formula is C17H24ClN3O2S. The first-order valence-corrected chi connectivity index (χ1v) is 9.15. The molecule has 1 heterocycles. The zero-order chi connectivity index (χ0) is 16.3. The molecule has 0 atom stereocenters. The van der Waals surface area contributed by atoms with Gasteiger partial charge in [-0.3, -0.25) is 9.59 Å². The highest BCUT2D eigenvalue weighted by molar-refractivity contribution is 8.00. The minimum atomic E-state index is -0.0411. The molecule has 4 N–H and O–H groups in total. The number of nitrogens with one attached hydrogen (secondary N) is 2. The van der Waals surface area contributed by atoms with Gasteiger partial charge in [0.05, 0.1) is 11.4 Å². The second kappa shape index (κ2) is 8.23. The maximum Gasteiger partial charge on any atom is 0.234 e.